The van der Waals surface area contributed by atoms with Gasteiger partial charge in [-0.2, -0.15) is 0 Å². The van der Waals surface area contributed by atoms with E-state index in [0.717, 1.165) is 36.2 Å². The zero-order chi connectivity index (χ0) is 11.8. The van der Waals surface area contributed by atoms with E-state index in [4.69, 9.17) is 5.73 Å². The SMILES string of the molecule is Nc1sc2c(c1C(=O)NC1CC1)CCCCC2. The molecule has 0 aromatic carbocycles. The zero-order valence-electron chi connectivity index (χ0n) is 9.92. The first-order chi connectivity index (χ1) is 8.25. The van der Waals surface area contributed by atoms with Crippen LogP contribution < -0.4 is 11.1 Å². The van der Waals surface area contributed by atoms with Gasteiger partial charge in [-0.1, -0.05) is 6.42 Å². The zero-order valence-corrected chi connectivity index (χ0v) is 10.7. The van der Waals surface area contributed by atoms with E-state index in [0.29, 0.717) is 6.04 Å². The first-order valence-corrected chi connectivity index (χ1v) is 7.28. The summed E-state index contributed by atoms with van der Waals surface area (Å²) in [6.07, 6.45) is 8.06. The summed E-state index contributed by atoms with van der Waals surface area (Å²) in [5, 5.41) is 3.77. The highest BCUT2D eigenvalue weighted by Gasteiger charge is 2.28. The fraction of sp³-hybridized carbons (Fsp3) is 0.615. The molecule has 2 aliphatic carbocycles. The molecule has 4 heteroatoms. The third-order valence-electron chi connectivity index (χ3n) is 3.59. The Hall–Kier alpha value is -1.03. The maximum Gasteiger partial charge on any atom is 0.254 e. The van der Waals surface area contributed by atoms with Crippen LogP contribution in [0, 0.1) is 0 Å². The van der Waals surface area contributed by atoms with Gasteiger partial charge in [-0.15, -0.1) is 11.3 Å². The smallest absolute Gasteiger partial charge is 0.254 e. The predicted octanol–water partition coefficient (Wildman–Crippen LogP) is 2.49. The van der Waals surface area contributed by atoms with Crippen molar-refractivity contribution in [2.75, 3.05) is 5.73 Å². The average molecular weight is 250 g/mol. The van der Waals surface area contributed by atoms with E-state index >= 15 is 0 Å². The van der Waals surface area contributed by atoms with E-state index in [1.807, 2.05) is 0 Å². The molecule has 2 aliphatic rings. The number of hydrogen-bond donors (Lipinski definition) is 2. The molecule has 0 spiro atoms. The van der Waals surface area contributed by atoms with Crippen molar-refractivity contribution >= 4 is 22.2 Å². The van der Waals surface area contributed by atoms with Crippen molar-refractivity contribution in [3.63, 3.8) is 0 Å². The minimum atomic E-state index is 0.0596. The maximum absolute atomic E-state index is 12.2. The number of thiophene rings is 1. The summed E-state index contributed by atoms with van der Waals surface area (Å²) in [4.78, 5) is 13.5. The normalized spacial score (nSPS) is 19.5. The number of fused-ring (bicyclic) bond motifs is 1. The molecule has 1 saturated carbocycles. The monoisotopic (exact) mass is 250 g/mol. The molecule has 1 amide bonds. The van der Waals surface area contributed by atoms with Gasteiger partial charge in [0.15, 0.2) is 0 Å². The Labute approximate surface area is 105 Å². The Morgan fingerprint density at radius 2 is 2.00 bits per heavy atom. The summed E-state index contributed by atoms with van der Waals surface area (Å²) < 4.78 is 0. The van der Waals surface area contributed by atoms with Crippen LogP contribution in [0.3, 0.4) is 0 Å². The lowest BCUT2D eigenvalue weighted by Gasteiger charge is -2.06. The lowest BCUT2D eigenvalue weighted by molar-refractivity contribution is 0.0951. The van der Waals surface area contributed by atoms with Crippen LogP contribution in [0.25, 0.3) is 0 Å². The molecule has 1 heterocycles. The van der Waals surface area contributed by atoms with E-state index in [9.17, 15) is 4.79 Å². The number of hydrogen-bond acceptors (Lipinski definition) is 3. The van der Waals surface area contributed by atoms with Gasteiger partial charge in [0.05, 0.1) is 10.6 Å². The van der Waals surface area contributed by atoms with Crippen molar-refractivity contribution in [2.45, 2.75) is 51.0 Å². The van der Waals surface area contributed by atoms with Crippen LogP contribution in [-0.2, 0) is 12.8 Å². The molecule has 0 bridgehead atoms. The lowest BCUT2D eigenvalue weighted by Crippen LogP contribution is -2.26. The Morgan fingerprint density at radius 3 is 2.76 bits per heavy atom. The number of nitrogens with two attached hydrogens (primary N) is 1. The van der Waals surface area contributed by atoms with Crippen LogP contribution >= 0.6 is 11.3 Å². The highest BCUT2D eigenvalue weighted by atomic mass is 32.1. The number of carbonyl (C=O) groups is 1. The summed E-state index contributed by atoms with van der Waals surface area (Å²) in [5.74, 6) is 0.0596. The third kappa shape index (κ3) is 2.18. The predicted molar refractivity (Wildman–Crippen MR) is 70.5 cm³/mol. The van der Waals surface area contributed by atoms with Gasteiger partial charge < -0.3 is 11.1 Å². The molecule has 1 aromatic heterocycles. The number of rotatable bonds is 2. The quantitative estimate of drug-likeness (QED) is 0.792. The van der Waals surface area contributed by atoms with Crippen molar-refractivity contribution in [1.82, 2.24) is 5.32 Å². The van der Waals surface area contributed by atoms with Gasteiger partial charge in [-0.3, -0.25) is 4.79 Å². The van der Waals surface area contributed by atoms with Crippen LogP contribution in [0.1, 0.15) is 52.9 Å². The van der Waals surface area contributed by atoms with Gasteiger partial charge in [-0.05, 0) is 44.1 Å². The molecule has 3 nitrogen and oxygen atoms in total. The highest BCUT2D eigenvalue weighted by Crippen LogP contribution is 2.36. The van der Waals surface area contributed by atoms with Crippen molar-refractivity contribution in [3.05, 3.63) is 16.0 Å². The van der Waals surface area contributed by atoms with Gasteiger partial charge >= 0.3 is 0 Å². The number of nitrogens with one attached hydrogen (secondary N) is 1. The molecule has 3 N–H and O–H groups in total. The van der Waals surface area contributed by atoms with E-state index in [2.05, 4.69) is 5.32 Å². The Bertz CT molecular complexity index is 449. The molecule has 0 atom stereocenters. The van der Waals surface area contributed by atoms with Crippen molar-refractivity contribution in [3.8, 4) is 0 Å². The number of anilines is 1. The molecule has 0 aliphatic heterocycles. The Balaban J connectivity index is 1.91. The first kappa shape index (κ1) is 11.1. The summed E-state index contributed by atoms with van der Waals surface area (Å²) in [6.45, 7) is 0. The minimum absolute atomic E-state index is 0.0596. The molecule has 3 rings (SSSR count). The van der Waals surface area contributed by atoms with Gasteiger partial charge in [0, 0.05) is 10.9 Å². The van der Waals surface area contributed by atoms with E-state index in [1.54, 1.807) is 11.3 Å². The molecule has 0 radical (unpaired) electrons. The Kier molecular flexibility index (Phi) is 2.82. The first-order valence-electron chi connectivity index (χ1n) is 6.46. The number of carbonyl (C=O) groups excluding carboxylic acids is 1. The van der Waals surface area contributed by atoms with Crippen molar-refractivity contribution in [1.29, 1.82) is 0 Å². The van der Waals surface area contributed by atoms with E-state index in [1.165, 1.54) is 29.7 Å². The minimum Gasteiger partial charge on any atom is -0.390 e. The summed E-state index contributed by atoms with van der Waals surface area (Å²) >= 11 is 1.62. The number of amides is 1. The molecule has 92 valence electrons. The van der Waals surface area contributed by atoms with Gasteiger partial charge in [-0.25, -0.2) is 0 Å². The van der Waals surface area contributed by atoms with Crippen molar-refractivity contribution < 1.29 is 4.79 Å². The van der Waals surface area contributed by atoms with E-state index in [-0.39, 0.29) is 5.91 Å². The molecular formula is C13H18N2OS. The fourth-order valence-corrected chi connectivity index (χ4v) is 3.66. The summed E-state index contributed by atoms with van der Waals surface area (Å²) in [5.41, 5.74) is 8.06. The molecule has 0 unspecified atom stereocenters. The molecule has 0 saturated heterocycles. The lowest BCUT2D eigenvalue weighted by atomic mass is 10.1. The molecule has 1 aromatic rings. The van der Waals surface area contributed by atoms with Crippen LogP contribution in [0.4, 0.5) is 5.00 Å². The van der Waals surface area contributed by atoms with Crippen LogP contribution in [0.15, 0.2) is 0 Å². The second kappa shape index (κ2) is 4.33. The second-order valence-electron chi connectivity index (χ2n) is 5.05. The number of nitrogen functional groups attached to an aromatic ring is 1. The molecule has 1 fully saturated rings. The summed E-state index contributed by atoms with van der Waals surface area (Å²) in [7, 11) is 0. The Morgan fingerprint density at radius 1 is 1.24 bits per heavy atom. The van der Waals surface area contributed by atoms with Crippen molar-refractivity contribution in [2.24, 2.45) is 0 Å². The van der Waals surface area contributed by atoms with Crippen LogP contribution in [-0.4, -0.2) is 11.9 Å². The van der Waals surface area contributed by atoms with Crippen LogP contribution in [0.5, 0.6) is 0 Å². The second-order valence-corrected chi connectivity index (χ2v) is 6.19. The van der Waals surface area contributed by atoms with Gasteiger partial charge in [0.25, 0.3) is 5.91 Å². The molecular weight excluding hydrogens is 232 g/mol. The van der Waals surface area contributed by atoms with Crippen LogP contribution in [0.2, 0.25) is 0 Å². The van der Waals surface area contributed by atoms with Gasteiger partial charge in [0.2, 0.25) is 0 Å². The van der Waals surface area contributed by atoms with Gasteiger partial charge in [0.1, 0.15) is 0 Å². The number of aryl methyl sites for hydroxylation is 1. The summed E-state index contributed by atoms with van der Waals surface area (Å²) in [6, 6.07) is 0.406. The topological polar surface area (TPSA) is 55.1 Å². The fourth-order valence-electron chi connectivity index (χ4n) is 2.50. The van der Waals surface area contributed by atoms with E-state index < -0.39 is 0 Å². The largest absolute Gasteiger partial charge is 0.390 e. The standard InChI is InChI=1S/C13H18N2OS/c14-12-11(13(16)15-8-6-7-8)9-4-2-1-3-5-10(9)17-12/h8H,1-7,14H2,(H,15,16). The average Bonchev–Trinajstić information content (AvgIpc) is 3.06. The third-order valence-corrected chi connectivity index (χ3v) is 4.71. The highest BCUT2D eigenvalue weighted by molar-refractivity contribution is 7.16. The maximum atomic E-state index is 12.2. The molecule has 17 heavy (non-hydrogen) atoms.